The van der Waals surface area contributed by atoms with Gasteiger partial charge in [-0.25, -0.2) is 10.4 Å². The standard InChI is InChI=1S/C32H43N5O6/c1-19(2)27-28(38)33-20(3)29(39)37-16-7-8-25(36-37)30(40)43-21(4)24-12-11-23-10-9-22(18-26(23)34-24)13-14-32(5,15-17-42-6)31(41)35-27/h9-14,18-21,25,27,36H,7-8,15-17H2,1-6H3,(H,33,38)(H,35,41). The van der Waals surface area contributed by atoms with Gasteiger partial charge >= 0.3 is 5.97 Å². The second-order valence-corrected chi connectivity index (χ2v) is 12.0. The molecule has 0 aliphatic carbocycles. The van der Waals surface area contributed by atoms with Gasteiger partial charge in [0.1, 0.15) is 24.2 Å². The van der Waals surface area contributed by atoms with Gasteiger partial charge in [0.2, 0.25) is 11.8 Å². The predicted molar refractivity (Wildman–Crippen MR) is 162 cm³/mol. The van der Waals surface area contributed by atoms with Gasteiger partial charge in [0.15, 0.2) is 0 Å². The fourth-order valence-corrected chi connectivity index (χ4v) is 5.22. The number of hydrogen-bond acceptors (Lipinski definition) is 8. The van der Waals surface area contributed by atoms with Crippen LogP contribution in [0.3, 0.4) is 0 Å². The molecule has 0 radical (unpaired) electrons. The largest absolute Gasteiger partial charge is 0.455 e. The average Bonchev–Trinajstić information content (AvgIpc) is 2.99. The maximum Gasteiger partial charge on any atom is 0.325 e. The molecule has 2 aliphatic heterocycles. The summed E-state index contributed by atoms with van der Waals surface area (Å²) in [4.78, 5) is 58.3. The molecule has 43 heavy (non-hydrogen) atoms. The van der Waals surface area contributed by atoms with E-state index < -0.39 is 47.4 Å². The average molecular weight is 594 g/mol. The van der Waals surface area contributed by atoms with E-state index in [1.54, 1.807) is 27.9 Å². The summed E-state index contributed by atoms with van der Waals surface area (Å²) < 4.78 is 11.1. The Balaban J connectivity index is 1.74. The van der Waals surface area contributed by atoms with Crippen molar-refractivity contribution in [3.8, 4) is 0 Å². The summed E-state index contributed by atoms with van der Waals surface area (Å²) in [5.41, 5.74) is 4.13. The van der Waals surface area contributed by atoms with Crippen molar-refractivity contribution in [2.75, 3.05) is 20.3 Å². The molecule has 232 valence electrons. The second kappa shape index (κ2) is 13.6. The Morgan fingerprint density at radius 3 is 2.58 bits per heavy atom. The highest BCUT2D eigenvalue weighted by Crippen LogP contribution is 2.28. The number of carbonyl (C=O) groups is 4. The number of carbonyl (C=O) groups excluding carboxylic acids is 4. The molecule has 2 aromatic rings. The highest BCUT2D eigenvalue weighted by Gasteiger charge is 2.37. The first-order chi connectivity index (χ1) is 20.4. The van der Waals surface area contributed by atoms with E-state index in [0.29, 0.717) is 38.1 Å². The van der Waals surface area contributed by atoms with Crippen LogP contribution in [0.15, 0.2) is 36.4 Å². The number of rotatable bonds is 4. The summed E-state index contributed by atoms with van der Waals surface area (Å²) in [5.74, 6) is -1.92. The smallest absolute Gasteiger partial charge is 0.325 e. The molecule has 4 rings (SSSR count). The number of esters is 1. The number of nitrogens with zero attached hydrogens (tertiary/aromatic N) is 2. The Morgan fingerprint density at radius 1 is 1.12 bits per heavy atom. The third-order valence-corrected chi connectivity index (χ3v) is 8.14. The molecule has 1 aromatic heterocycles. The maximum atomic E-state index is 13.7. The molecular formula is C32H43N5O6. The van der Waals surface area contributed by atoms with Crippen LogP contribution in [0.1, 0.15) is 71.2 Å². The first-order valence-corrected chi connectivity index (χ1v) is 14.9. The zero-order valence-electron chi connectivity index (χ0n) is 25.8. The lowest BCUT2D eigenvalue weighted by atomic mass is 9.84. The Labute approximate surface area is 252 Å². The van der Waals surface area contributed by atoms with E-state index in [9.17, 15) is 19.2 Å². The van der Waals surface area contributed by atoms with Gasteiger partial charge in [0.25, 0.3) is 5.91 Å². The molecule has 1 saturated heterocycles. The molecule has 5 bridgehead atoms. The first-order valence-electron chi connectivity index (χ1n) is 14.9. The number of amides is 3. The predicted octanol–water partition coefficient (Wildman–Crippen LogP) is 3.05. The molecule has 11 nitrogen and oxygen atoms in total. The highest BCUT2D eigenvalue weighted by molar-refractivity contribution is 5.94. The zero-order chi connectivity index (χ0) is 31.3. The van der Waals surface area contributed by atoms with Gasteiger partial charge < -0.3 is 20.1 Å². The lowest BCUT2D eigenvalue weighted by Crippen LogP contribution is -2.61. The van der Waals surface area contributed by atoms with Crippen LogP contribution in [0.2, 0.25) is 0 Å². The molecular weight excluding hydrogens is 550 g/mol. The van der Waals surface area contributed by atoms with Crippen molar-refractivity contribution >= 4 is 40.7 Å². The summed E-state index contributed by atoms with van der Waals surface area (Å²) in [6, 6.07) is 7.06. The van der Waals surface area contributed by atoms with Crippen molar-refractivity contribution in [1.82, 2.24) is 26.1 Å². The van der Waals surface area contributed by atoms with E-state index in [2.05, 4.69) is 16.1 Å². The van der Waals surface area contributed by atoms with E-state index in [-0.39, 0.29) is 11.8 Å². The summed E-state index contributed by atoms with van der Waals surface area (Å²) in [7, 11) is 1.58. The Bertz CT molecular complexity index is 1390. The Hall–Kier alpha value is -3.83. The van der Waals surface area contributed by atoms with Crippen LogP contribution >= 0.6 is 0 Å². The zero-order valence-corrected chi connectivity index (χ0v) is 25.8. The van der Waals surface area contributed by atoms with E-state index in [1.807, 2.05) is 56.3 Å². The van der Waals surface area contributed by atoms with Gasteiger partial charge in [-0.15, -0.1) is 0 Å². The molecule has 1 fully saturated rings. The highest BCUT2D eigenvalue weighted by atomic mass is 16.5. The molecule has 2 aliphatic rings. The van der Waals surface area contributed by atoms with Crippen molar-refractivity contribution in [2.45, 2.75) is 78.1 Å². The molecule has 0 saturated carbocycles. The van der Waals surface area contributed by atoms with Crippen LogP contribution in [0.4, 0.5) is 0 Å². The van der Waals surface area contributed by atoms with Gasteiger partial charge in [-0.05, 0) is 63.6 Å². The van der Waals surface area contributed by atoms with Crippen molar-refractivity contribution in [2.24, 2.45) is 11.3 Å². The van der Waals surface area contributed by atoms with Crippen LogP contribution < -0.4 is 16.1 Å². The third kappa shape index (κ3) is 7.58. The number of methoxy groups -OCH3 is 1. The number of hydrogen-bond donors (Lipinski definition) is 3. The lowest BCUT2D eigenvalue weighted by Gasteiger charge is -2.35. The van der Waals surface area contributed by atoms with E-state index in [4.69, 9.17) is 14.5 Å². The van der Waals surface area contributed by atoms with Crippen molar-refractivity contribution in [3.63, 3.8) is 0 Å². The minimum atomic E-state index is -0.997. The van der Waals surface area contributed by atoms with E-state index in [1.165, 1.54) is 5.01 Å². The Morgan fingerprint density at radius 2 is 1.86 bits per heavy atom. The summed E-state index contributed by atoms with van der Waals surface area (Å²) >= 11 is 0. The van der Waals surface area contributed by atoms with Crippen molar-refractivity contribution < 1.29 is 28.7 Å². The number of ether oxygens (including phenoxy) is 2. The van der Waals surface area contributed by atoms with Gasteiger partial charge in [0.05, 0.1) is 16.6 Å². The number of pyridine rings is 1. The minimum Gasteiger partial charge on any atom is -0.455 e. The van der Waals surface area contributed by atoms with Crippen molar-refractivity contribution in [1.29, 1.82) is 0 Å². The Kier molecular flexibility index (Phi) is 10.2. The topological polar surface area (TPSA) is 139 Å². The first kappa shape index (κ1) is 32.1. The molecule has 5 unspecified atom stereocenters. The SMILES string of the molecule is COCCC1(C)C=Cc2ccc3ccc(nc3c2)C(C)OC(=O)C2CCCN(N2)C(=O)C(C)NC(=O)C(C(C)C)NC1=O. The van der Waals surface area contributed by atoms with Crippen LogP contribution in [-0.4, -0.2) is 72.1 Å². The van der Waals surface area contributed by atoms with Crippen LogP contribution in [0, 0.1) is 11.3 Å². The number of cyclic esters (lactones) is 1. The molecule has 3 heterocycles. The number of nitrogens with one attached hydrogen (secondary N) is 3. The van der Waals surface area contributed by atoms with E-state index >= 15 is 0 Å². The van der Waals surface area contributed by atoms with E-state index in [0.717, 1.165) is 16.5 Å². The lowest BCUT2D eigenvalue weighted by molar-refractivity contribution is -0.157. The normalized spacial score (nSPS) is 27.7. The fourth-order valence-electron chi connectivity index (χ4n) is 5.22. The van der Waals surface area contributed by atoms with Crippen molar-refractivity contribution in [3.05, 3.63) is 47.7 Å². The second-order valence-electron chi connectivity index (χ2n) is 12.0. The van der Waals surface area contributed by atoms with Gasteiger partial charge in [-0.2, -0.15) is 0 Å². The van der Waals surface area contributed by atoms with Crippen LogP contribution in [0.25, 0.3) is 17.0 Å². The minimum absolute atomic E-state index is 0.251. The summed E-state index contributed by atoms with van der Waals surface area (Å²) in [6.45, 7) is 9.53. The summed E-state index contributed by atoms with van der Waals surface area (Å²) in [6.07, 6.45) is 4.53. The quantitative estimate of drug-likeness (QED) is 0.460. The number of aromatic nitrogens is 1. The van der Waals surface area contributed by atoms with Gasteiger partial charge in [-0.1, -0.05) is 44.2 Å². The monoisotopic (exact) mass is 593 g/mol. The molecule has 1 aromatic carbocycles. The molecule has 11 heteroatoms. The maximum absolute atomic E-state index is 13.7. The van der Waals surface area contributed by atoms with Gasteiger partial charge in [0, 0.05) is 25.6 Å². The molecule has 3 N–H and O–H groups in total. The fraction of sp³-hybridized carbons (Fsp3) is 0.531. The van der Waals surface area contributed by atoms with Crippen LogP contribution in [-0.2, 0) is 28.7 Å². The van der Waals surface area contributed by atoms with Crippen LogP contribution in [0.5, 0.6) is 0 Å². The molecule has 3 amide bonds. The summed E-state index contributed by atoms with van der Waals surface area (Å²) in [5, 5.41) is 7.96. The number of hydrazine groups is 1. The molecule has 0 spiro atoms. The number of fused-ring (bicyclic) bond motifs is 4. The third-order valence-electron chi connectivity index (χ3n) is 8.14. The van der Waals surface area contributed by atoms with Gasteiger partial charge in [-0.3, -0.25) is 24.2 Å². The number of benzene rings is 1. The molecule has 5 atom stereocenters.